The molecule has 0 aliphatic heterocycles. The van der Waals surface area contributed by atoms with Crippen LogP contribution in [0.15, 0.2) is 65.8 Å². The Morgan fingerprint density at radius 3 is 2.32 bits per heavy atom. The van der Waals surface area contributed by atoms with E-state index in [2.05, 4.69) is 53.7 Å². The lowest BCUT2D eigenvalue weighted by Crippen LogP contribution is -2.08. The van der Waals surface area contributed by atoms with Gasteiger partial charge in [0, 0.05) is 16.1 Å². The van der Waals surface area contributed by atoms with Crippen molar-refractivity contribution in [2.45, 2.75) is 45.7 Å². The Balaban J connectivity index is 1.74. The molecule has 0 fully saturated rings. The summed E-state index contributed by atoms with van der Waals surface area (Å²) in [6.45, 7) is 10.4. The van der Waals surface area contributed by atoms with Gasteiger partial charge >= 0.3 is 0 Å². The molecule has 0 aliphatic rings. The molecule has 0 spiro atoms. The van der Waals surface area contributed by atoms with Crippen molar-refractivity contribution in [2.75, 3.05) is 5.75 Å². The van der Waals surface area contributed by atoms with Gasteiger partial charge < -0.3 is 0 Å². The zero-order valence-electron chi connectivity index (χ0n) is 20.1. The number of aromatic nitrogens is 3. The van der Waals surface area contributed by atoms with Crippen LogP contribution in [0.25, 0.3) is 17.1 Å². The molecule has 0 amide bonds. The van der Waals surface area contributed by atoms with Gasteiger partial charge in [-0.25, -0.2) is 0 Å². The SMILES string of the molecule is Cc1cc(C)c(C(=O)CSc2nnc(-c3ccc(Cl)cc3)n2-c2ccccc2C(C)C)cc1C. The molecule has 3 aromatic carbocycles. The summed E-state index contributed by atoms with van der Waals surface area (Å²) >= 11 is 7.54. The number of aryl methyl sites for hydroxylation is 3. The number of carbonyl (C=O) groups excluding carboxylic acids is 1. The van der Waals surface area contributed by atoms with E-state index in [1.54, 1.807) is 0 Å². The Labute approximate surface area is 210 Å². The maximum absolute atomic E-state index is 13.1. The van der Waals surface area contributed by atoms with Crippen molar-refractivity contribution in [3.8, 4) is 17.1 Å². The van der Waals surface area contributed by atoms with E-state index < -0.39 is 0 Å². The number of benzene rings is 3. The van der Waals surface area contributed by atoms with Crippen LogP contribution in [-0.4, -0.2) is 26.3 Å². The maximum Gasteiger partial charge on any atom is 0.196 e. The molecule has 1 heterocycles. The van der Waals surface area contributed by atoms with Crippen molar-refractivity contribution in [2.24, 2.45) is 0 Å². The number of hydrogen-bond acceptors (Lipinski definition) is 4. The lowest BCUT2D eigenvalue weighted by atomic mass is 9.99. The molecule has 0 aliphatic carbocycles. The molecule has 6 heteroatoms. The van der Waals surface area contributed by atoms with Crippen molar-refractivity contribution >= 4 is 29.1 Å². The Bertz CT molecular complexity index is 1340. The third-order valence-corrected chi connectivity index (χ3v) is 7.19. The van der Waals surface area contributed by atoms with Crippen molar-refractivity contribution in [3.05, 3.63) is 93.5 Å². The van der Waals surface area contributed by atoms with E-state index in [1.807, 2.05) is 56.3 Å². The van der Waals surface area contributed by atoms with Crippen LogP contribution >= 0.6 is 23.4 Å². The monoisotopic (exact) mass is 489 g/mol. The average molecular weight is 490 g/mol. The summed E-state index contributed by atoms with van der Waals surface area (Å²) in [5.74, 6) is 1.41. The summed E-state index contributed by atoms with van der Waals surface area (Å²) in [5, 5.41) is 10.4. The molecule has 34 heavy (non-hydrogen) atoms. The van der Waals surface area contributed by atoms with Gasteiger partial charge in [0.2, 0.25) is 0 Å². The van der Waals surface area contributed by atoms with Crippen LogP contribution in [0.1, 0.15) is 52.4 Å². The lowest BCUT2D eigenvalue weighted by Gasteiger charge is -2.17. The molecule has 0 saturated carbocycles. The molecular formula is C28H28ClN3OS. The third-order valence-electron chi connectivity index (χ3n) is 6.01. The number of rotatable bonds is 7. The molecule has 1 aromatic heterocycles. The van der Waals surface area contributed by atoms with Crippen molar-refractivity contribution < 1.29 is 4.79 Å². The predicted molar refractivity (Wildman–Crippen MR) is 142 cm³/mol. The van der Waals surface area contributed by atoms with Crippen LogP contribution < -0.4 is 0 Å². The summed E-state index contributed by atoms with van der Waals surface area (Å²) < 4.78 is 2.06. The van der Waals surface area contributed by atoms with Crippen LogP contribution in [0.3, 0.4) is 0 Å². The highest BCUT2D eigenvalue weighted by Gasteiger charge is 2.21. The molecule has 4 nitrogen and oxygen atoms in total. The van der Waals surface area contributed by atoms with Gasteiger partial charge in [0.1, 0.15) is 0 Å². The zero-order chi connectivity index (χ0) is 24.4. The first-order chi connectivity index (χ1) is 16.3. The fraction of sp³-hybridized carbons (Fsp3) is 0.250. The highest BCUT2D eigenvalue weighted by molar-refractivity contribution is 7.99. The Morgan fingerprint density at radius 2 is 1.62 bits per heavy atom. The molecule has 0 radical (unpaired) electrons. The minimum Gasteiger partial charge on any atom is -0.293 e. The quantitative estimate of drug-likeness (QED) is 0.198. The summed E-state index contributed by atoms with van der Waals surface area (Å²) in [5.41, 5.74) is 7.21. The van der Waals surface area contributed by atoms with E-state index in [1.165, 1.54) is 22.9 Å². The Morgan fingerprint density at radius 1 is 0.941 bits per heavy atom. The molecule has 4 aromatic rings. The van der Waals surface area contributed by atoms with E-state index >= 15 is 0 Å². The van der Waals surface area contributed by atoms with Crippen molar-refractivity contribution in [1.82, 2.24) is 14.8 Å². The Kier molecular flexibility index (Phi) is 7.24. The second-order valence-corrected chi connectivity index (χ2v) is 10.2. The number of nitrogens with zero attached hydrogens (tertiary/aromatic N) is 3. The lowest BCUT2D eigenvalue weighted by molar-refractivity contribution is 0.102. The van der Waals surface area contributed by atoms with Gasteiger partial charge in [0.15, 0.2) is 16.8 Å². The molecule has 174 valence electrons. The summed E-state index contributed by atoms with van der Waals surface area (Å²) in [6, 6.07) is 19.9. The van der Waals surface area contributed by atoms with Crippen LogP contribution in [0.2, 0.25) is 5.02 Å². The minimum atomic E-state index is 0.0883. The number of para-hydroxylation sites is 1. The van der Waals surface area contributed by atoms with E-state index in [-0.39, 0.29) is 11.5 Å². The highest BCUT2D eigenvalue weighted by Crippen LogP contribution is 2.33. The number of carbonyl (C=O) groups is 1. The van der Waals surface area contributed by atoms with E-state index in [4.69, 9.17) is 11.6 Å². The summed E-state index contributed by atoms with van der Waals surface area (Å²) in [7, 11) is 0. The zero-order valence-corrected chi connectivity index (χ0v) is 21.7. The Hall–Kier alpha value is -2.89. The van der Waals surface area contributed by atoms with Gasteiger partial charge in [-0.1, -0.05) is 61.5 Å². The van der Waals surface area contributed by atoms with Gasteiger partial charge in [-0.05, 0) is 85.3 Å². The number of thioether (sulfide) groups is 1. The van der Waals surface area contributed by atoms with E-state index in [0.717, 1.165) is 33.8 Å². The minimum absolute atomic E-state index is 0.0883. The number of hydrogen-bond donors (Lipinski definition) is 0. The molecule has 0 atom stereocenters. The molecule has 4 rings (SSSR count). The maximum atomic E-state index is 13.1. The van der Waals surface area contributed by atoms with Crippen LogP contribution in [-0.2, 0) is 0 Å². The standard InChI is InChI=1S/C28H28ClN3OS/c1-17(2)23-8-6-7-9-25(23)32-27(21-10-12-22(29)13-11-21)30-31-28(32)34-16-26(33)24-15-19(4)18(3)14-20(24)5/h6-15,17H,16H2,1-5H3. The normalized spacial score (nSPS) is 11.3. The second kappa shape index (κ2) is 10.2. The summed E-state index contributed by atoms with van der Waals surface area (Å²) in [4.78, 5) is 13.1. The van der Waals surface area contributed by atoms with Crippen LogP contribution in [0.5, 0.6) is 0 Å². The molecule has 0 unspecified atom stereocenters. The van der Waals surface area contributed by atoms with Gasteiger partial charge in [-0.2, -0.15) is 0 Å². The first kappa shape index (κ1) is 24.2. The largest absolute Gasteiger partial charge is 0.293 e. The van der Waals surface area contributed by atoms with Gasteiger partial charge in [0.05, 0.1) is 11.4 Å². The fourth-order valence-electron chi connectivity index (χ4n) is 4.01. The summed E-state index contributed by atoms with van der Waals surface area (Å²) in [6.07, 6.45) is 0. The first-order valence-electron chi connectivity index (χ1n) is 11.3. The van der Waals surface area contributed by atoms with Gasteiger partial charge in [-0.15, -0.1) is 10.2 Å². The number of halogens is 1. The smallest absolute Gasteiger partial charge is 0.196 e. The van der Waals surface area contributed by atoms with Gasteiger partial charge in [0.25, 0.3) is 0 Å². The van der Waals surface area contributed by atoms with Crippen LogP contribution in [0, 0.1) is 20.8 Å². The van der Waals surface area contributed by atoms with Gasteiger partial charge in [-0.3, -0.25) is 9.36 Å². The average Bonchev–Trinajstić information content (AvgIpc) is 3.24. The van der Waals surface area contributed by atoms with Crippen molar-refractivity contribution in [1.29, 1.82) is 0 Å². The molecule has 0 bridgehead atoms. The molecule has 0 saturated heterocycles. The topological polar surface area (TPSA) is 47.8 Å². The molecular weight excluding hydrogens is 462 g/mol. The van der Waals surface area contributed by atoms with Crippen molar-refractivity contribution in [3.63, 3.8) is 0 Å². The van der Waals surface area contributed by atoms with Crippen LogP contribution in [0.4, 0.5) is 0 Å². The molecule has 0 N–H and O–H groups in total. The highest BCUT2D eigenvalue weighted by atomic mass is 35.5. The first-order valence-corrected chi connectivity index (χ1v) is 12.7. The number of ketones is 1. The van der Waals surface area contributed by atoms with E-state index in [0.29, 0.717) is 16.1 Å². The third kappa shape index (κ3) is 4.96. The second-order valence-electron chi connectivity index (χ2n) is 8.83. The predicted octanol–water partition coefficient (Wildman–Crippen LogP) is 7.61. The van der Waals surface area contributed by atoms with E-state index in [9.17, 15) is 4.79 Å². The number of Topliss-reactive ketones (excluding diaryl/α,β-unsaturated/α-hetero) is 1. The fourth-order valence-corrected chi connectivity index (χ4v) is 4.97.